The van der Waals surface area contributed by atoms with Gasteiger partial charge in [-0.25, -0.2) is 18.1 Å². The van der Waals surface area contributed by atoms with Gasteiger partial charge in [0.1, 0.15) is 11.5 Å². The summed E-state index contributed by atoms with van der Waals surface area (Å²) in [5, 5.41) is 13.8. The summed E-state index contributed by atoms with van der Waals surface area (Å²) in [4.78, 5) is 28.2. The van der Waals surface area contributed by atoms with Crippen molar-refractivity contribution in [1.82, 2.24) is 29.7 Å². The number of carbonyl (C=O) groups is 1. The molecular weight excluding hydrogens is 572 g/mol. The molecule has 4 aromatic rings. The van der Waals surface area contributed by atoms with Crippen molar-refractivity contribution in [1.29, 1.82) is 0 Å². The lowest BCUT2D eigenvalue weighted by Crippen LogP contribution is -2.41. The van der Waals surface area contributed by atoms with Crippen molar-refractivity contribution in [2.24, 2.45) is 0 Å². The molecule has 9 nitrogen and oxygen atoms in total. The van der Waals surface area contributed by atoms with E-state index < -0.39 is 11.6 Å². The predicted octanol–water partition coefficient (Wildman–Crippen LogP) is 5.11. The third-order valence-electron chi connectivity index (χ3n) is 7.41. The second-order valence-corrected chi connectivity index (χ2v) is 10.9. The van der Waals surface area contributed by atoms with Crippen molar-refractivity contribution < 1.29 is 13.6 Å². The first-order valence-electron chi connectivity index (χ1n) is 12.7. The van der Waals surface area contributed by atoms with Gasteiger partial charge in [-0.3, -0.25) is 9.59 Å². The molecule has 1 amide bonds. The van der Waals surface area contributed by atoms with Gasteiger partial charge in [0.15, 0.2) is 11.5 Å². The van der Waals surface area contributed by atoms with E-state index in [2.05, 4.69) is 31.3 Å². The second-order valence-electron chi connectivity index (χ2n) is 10.1. The molecule has 1 aliphatic rings. The number of aromatic nitrogens is 5. The Bertz CT molecular complexity index is 1630. The molecule has 12 heteroatoms. The SMILES string of the molecule is CC(C)n1nc(C(=O)N(C)C2CCC(n3cc(-c4cc(F)c(Br)c(F)c4N)nn3)CC2)c2ccccc2c1=O. The average molecular weight is 600 g/mol. The van der Waals surface area contributed by atoms with Crippen LogP contribution in [-0.4, -0.2) is 48.7 Å². The van der Waals surface area contributed by atoms with E-state index in [0.717, 1.165) is 18.9 Å². The Balaban J connectivity index is 1.32. The number of amides is 1. The van der Waals surface area contributed by atoms with Crippen molar-refractivity contribution in [2.45, 2.75) is 57.7 Å². The summed E-state index contributed by atoms with van der Waals surface area (Å²) >= 11 is 2.85. The molecule has 0 saturated heterocycles. The Morgan fingerprint density at radius 3 is 2.49 bits per heavy atom. The fourth-order valence-corrected chi connectivity index (χ4v) is 5.49. The fraction of sp³-hybridized carbons (Fsp3) is 0.370. The van der Waals surface area contributed by atoms with Gasteiger partial charge in [-0.15, -0.1) is 5.10 Å². The van der Waals surface area contributed by atoms with E-state index in [-0.39, 0.29) is 56.7 Å². The lowest BCUT2D eigenvalue weighted by atomic mass is 9.90. The van der Waals surface area contributed by atoms with Crippen molar-refractivity contribution >= 4 is 38.3 Å². The molecule has 0 radical (unpaired) electrons. The second kappa shape index (κ2) is 10.5. The Morgan fingerprint density at radius 2 is 1.82 bits per heavy atom. The summed E-state index contributed by atoms with van der Waals surface area (Å²) in [6, 6.07) is 7.98. The van der Waals surface area contributed by atoms with Crippen molar-refractivity contribution in [3.8, 4) is 11.3 Å². The molecule has 204 valence electrons. The van der Waals surface area contributed by atoms with Crippen LogP contribution in [0.5, 0.6) is 0 Å². The first-order chi connectivity index (χ1) is 18.6. The summed E-state index contributed by atoms with van der Waals surface area (Å²) < 4.78 is 31.1. The van der Waals surface area contributed by atoms with E-state index >= 15 is 0 Å². The number of rotatable bonds is 5. The quantitative estimate of drug-likeness (QED) is 0.252. The highest BCUT2D eigenvalue weighted by Crippen LogP contribution is 2.35. The summed E-state index contributed by atoms with van der Waals surface area (Å²) in [6.07, 6.45) is 4.52. The minimum atomic E-state index is -0.876. The number of nitrogens with two attached hydrogens (primary N) is 1. The van der Waals surface area contributed by atoms with Gasteiger partial charge in [0.25, 0.3) is 11.5 Å². The van der Waals surface area contributed by atoms with E-state index in [0.29, 0.717) is 23.6 Å². The highest BCUT2D eigenvalue weighted by Gasteiger charge is 2.31. The summed E-state index contributed by atoms with van der Waals surface area (Å²) in [5.74, 6) is -1.88. The molecule has 2 aromatic heterocycles. The number of nitrogen functional groups attached to an aromatic ring is 1. The van der Waals surface area contributed by atoms with E-state index in [1.54, 1.807) is 47.1 Å². The maximum absolute atomic E-state index is 14.3. The van der Waals surface area contributed by atoms with Gasteiger partial charge in [-0.1, -0.05) is 23.4 Å². The van der Waals surface area contributed by atoms with Crippen LogP contribution in [0.3, 0.4) is 0 Å². The van der Waals surface area contributed by atoms with Crippen molar-refractivity contribution in [2.75, 3.05) is 12.8 Å². The van der Waals surface area contributed by atoms with Gasteiger partial charge in [-0.05, 0) is 67.6 Å². The molecule has 2 N–H and O–H groups in total. The van der Waals surface area contributed by atoms with Crippen LogP contribution in [0.2, 0.25) is 0 Å². The smallest absolute Gasteiger partial charge is 0.274 e. The summed E-state index contributed by atoms with van der Waals surface area (Å²) in [6.45, 7) is 3.71. The van der Waals surface area contributed by atoms with E-state index in [1.807, 2.05) is 13.8 Å². The van der Waals surface area contributed by atoms with Crippen LogP contribution in [0.1, 0.15) is 62.1 Å². The average Bonchev–Trinajstić information content (AvgIpc) is 3.43. The number of nitrogens with zero attached hydrogens (tertiary/aromatic N) is 6. The van der Waals surface area contributed by atoms with E-state index in [1.165, 1.54) is 4.68 Å². The maximum Gasteiger partial charge on any atom is 0.274 e. The zero-order valence-corrected chi connectivity index (χ0v) is 23.3. The van der Waals surface area contributed by atoms with E-state index in [4.69, 9.17) is 5.73 Å². The Labute approximate surface area is 231 Å². The number of hydrogen-bond donors (Lipinski definition) is 1. The fourth-order valence-electron chi connectivity index (χ4n) is 5.16. The number of benzene rings is 2. The monoisotopic (exact) mass is 599 g/mol. The van der Waals surface area contributed by atoms with Gasteiger partial charge >= 0.3 is 0 Å². The van der Waals surface area contributed by atoms with Crippen LogP contribution in [0.4, 0.5) is 14.5 Å². The van der Waals surface area contributed by atoms with Crippen molar-refractivity contribution in [3.63, 3.8) is 0 Å². The number of anilines is 1. The van der Waals surface area contributed by atoms with Crippen LogP contribution in [0.25, 0.3) is 22.0 Å². The minimum Gasteiger partial charge on any atom is -0.396 e. The van der Waals surface area contributed by atoms with Gasteiger partial charge in [0.05, 0.1) is 33.8 Å². The van der Waals surface area contributed by atoms with E-state index in [9.17, 15) is 18.4 Å². The maximum atomic E-state index is 14.3. The Hall–Kier alpha value is -3.67. The third-order valence-corrected chi connectivity index (χ3v) is 8.14. The molecule has 1 aliphatic carbocycles. The van der Waals surface area contributed by atoms with Crippen molar-refractivity contribution in [3.05, 3.63) is 68.7 Å². The van der Waals surface area contributed by atoms with Gasteiger partial charge < -0.3 is 10.6 Å². The first kappa shape index (κ1) is 26.9. The highest BCUT2D eigenvalue weighted by atomic mass is 79.9. The van der Waals surface area contributed by atoms with Gasteiger partial charge in [-0.2, -0.15) is 5.10 Å². The van der Waals surface area contributed by atoms with Crippen LogP contribution in [0.15, 0.2) is 45.8 Å². The number of fused-ring (bicyclic) bond motifs is 1. The molecule has 0 spiro atoms. The molecular formula is C27H28BrF2N7O2. The zero-order valence-electron chi connectivity index (χ0n) is 21.7. The van der Waals surface area contributed by atoms with Crippen LogP contribution < -0.4 is 11.3 Å². The summed E-state index contributed by atoms with van der Waals surface area (Å²) in [5.41, 5.74) is 6.12. The lowest BCUT2D eigenvalue weighted by Gasteiger charge is -2.34. The zero-order chi connectivity index (χ0) is 28.0. The third kappa shape index (κ3) is 4.81. The van der Waals surface area contributed by atoms with Crippen LogP contribution in [0, 0.1) is 11.6 Å². The molecule has 1 saturated carbocycles. The van der Waals surface area contributed by atoms with Crippen LogP contribution in [-0.2, 0) is 0 Å². The van der Waals surface area contributed by atoms with Crippen LogP contribution >= 0.6 is 15.9 Å². The molecule has 39 heavy (non-hydrogen) atoms. The first-order valence-corrected chi connectivity index (χ1v) is 13.5. The normalized spacial score (nSPS) is 17.6. The molecule has 2 heterocycles. The molecule has 0 bridgehead atoms. The van der Waals surface area contributed by atoms with Gasteiger partial charge in [0.2, 0.25) is 0 Å². The Kier molecular flexibility index (Phi) is 7.23. The van der Waals surface area contributed by atoms with Gasteiger partial charge in [0, 0.05) is 24.0 Å². The lowest BCUT2D eigenvalue weighted by molar-refractivity contribution is 0.0668. The molecule has 0 aliphatic heterocycles. The molecule has 5 rings (SSSR count). The largest absolute Gasteiger partial charge is 0.396 e. The molecule has 2 aromatic carbocycles. The standard InChI is InChI=1S/C27H28BrF2N7O2/c1-14(2)37-26(38)18-7-5-4-6-17(18)25(33-37)27(39)35(3)15-8-10-16(11-9-15)36-13-21(32-34-36)19-12-20(29)22(28)23(30)24(19)31/h4-7,12-16H,8-11,31H2,1-3H3. The number of hydrogen-bond acceptors (Lipinski definition) is 6. The topological polar surface area (TPSA) is 112 Å². The molecule has 1 fully saturated rings. The summed E-state index contributed by atoms with van der Waals surface area (Å²) in [7, 11) is 1.77. The molecule has 0 atom stereocenters. The number of carbonyl (C=O) groups excluding carboxylic acids is 1. The number of halogens is 3. The minimum absolute atomic E-state index is 0.0131. The predicted molar refractivity (Wildman–Crippen MR) is 147 cm³/mol. The highest BCUT2D eigenvalue weighted by molar-refractivity contribution is 9.10. The Morgan fingerprint density at radius 1 is 1.15 bits per heavy atom. The molecule has 0 unspecified atom stereocenters.